The summed E-state index contributed by atoms with van der Waals surface area (Å²) in [5.74, 6) is 0.860. The predicted octanol–water partition coefficient (Wildman–Crippen LogP) is 4.70. The molecule has 0 N–H and O–H groups in total. The van der Waals surface area contributed by atoms with Gasteiger partial charge in [-0.15, -0.1) is 0 Å². The van der Waals surface area contributed by atoms with E-state index in [1.165, 1.54) is 11.1 Å². The average Bonchev–Trinajstić information content (AvgIpc) is 2.97. The van der Waals surface area contributed by atoms with Gasteiger partial charge in [-0.1, -0.05) is 48.2 Å². The van der Waals surface area contributed by atoms with Crippen molar-refractivity contribution >= 4 is 22.9 Å². The minimum Gasteiger partial charge on any atom is -0.431 e. The van der Waals surface area contributed by atoms with E-state index in [1.807, 2.05) is 31.2 Å². The molecule has 2 aromatic carbocycles. The van der Waals surface area contributed by atoms with Gasteiger partial charge in [0, 0.05) is 12.4 Å². The lowest BCUT2D eigenvalue weighted by Crippen LogP contribution is -1.97. The van der Waals surface area contributed by atoms with Crippen LogP contribution in [0.1, 0.15) is 18.1 Å². The van der Waals surface area contributed by atoms with E-state index in [0.29, 0.717) is 0 Å². The van der Waals surface area contributed by atoms with Crippen molar-refractivity contribution in [2.75, 3.05) is 13.2 Å². The molecule has 0 aliphatic carbocycles. The van der Waals surface area contributed by atoms with Gasteiger partial charge in [0.05, 0.1) is 6.61 Å². The van der Waals surface area contributed by atoms with Crippen molar-refractivity contribution in [2.45, 2.75) is 24.3 Å². The first-order valence-electron chi connectivity index (χ1n) is 7.49. The van der Waals surface area contributed by atoms with Crippen molar-refractivity contribution in [1.82, 2.24) is 4.98 Å². The summed E-state index contributed by atoms with van der Waals surface area (Å²) in [7, 11) is 0. The summed E-state index contributed by atoms with van der Waals surface area (Å²) < 4.78 is 11.1. The molecule has 1 aromatic heterocycles. The van der Waals surface area contributed by atoms with Gasteiger partial charge in [-0.25, -0.2) is 4.98 Å². The number of para-hydroxylation sites is 2. The Labute approximate surface area is 134 Å². The molecule has 114 valence electrons. The van der Waals surface area contributed by atoms with Crippen molar-refractivity contribution in [3.63, 3.8) is 0 Å². The van der Waals surface area contributed by atoms with Crippen LogP contribution < -0.4 is 0 Å². The first-order valence-corrected chi connectivity index (χ1v) is 8.47. The average molecular weight is 313 g/mol. The van der Waals surface area contributed by atoms with E-state index in [2.05, 4.69) is 29.2 Å². The highest BCUT2D eigenvalue weighted by Gasteiger charge is 2.06. The fourth-order valence-corrected chi connectivity index (χ4v) is 2.99. The lowest BCUT2D eigenvalue weighted by atomic mass is 10.1. The van der Waals surface area contributed by atoms with Crippen LogP contribution >= 0.6 is 11.8 Å². The van der Waals surface area contributed by atoms with Crippen LogP contribution in [-0.2, 0) is 16.9 Å². The molecule has 0 aliphatic rings. The lowest BCUT2D eigenvalue weighted by Gasteiger charge is -2.03. The molecule has 0 fully saturated rings. The smallest absolute Gasteiger partial charge is 0.257 e. The number of fused-ring (bicyclic) bond motifs is 1. The Morgan fingerprint density at radius 2 is 1.82 bits per heavy atom. The van der Waals surface area contributed by atoms with E-state index in [9.17, 15) is 0 Å². The predicted molar refractivity (Wildman–Crippen MR) is 90.2 cm³/mol. The van der Waals surface area contributed by atoms with E-state index in [1.54, 1.807) is 11.8 Å². The van der Waals surface area contributed by atoms with Gasteiger partial charge in [0.1, 0.15) is 5.52 Å². The van der Waals surface area contributed by atoms with E-state index in [-0.39, 0.29) is 0 Å². The zero-order valence-electron chi connectivity index (χ0n) is 12.6. The van der Waals surface area contributed by atoms with Gasteiger partial charge < -0.3 is 9.15 Å². The molecule has 4 heteroatoms. The second-order valence-corrected chi connectivity index (χ2v) is 5.93. The summed E-state index contributed by atoms with van der Waals surface area (Å²) in [6, 6.07) is 16.5. The number of oxazole rings is 1. The number of rotatable bonds is 7. The highest BCUT2D eigenvalue weighted by atomic mass is 32.2. The van der Waals surface area contributed by atoms with Crippen molar-refractivity contribution in [3.8, 4) is 0 Å². The molecule has 0 spiro atoms. The molecule has 0 amide bonds. The third-order valence-electron chi connectivity index (χ3n) is 3.40. The van der Waals surface area contributed by atoms with Crippen molar-refractivity contribution in [2.24, 2.45) is 0 Å². The third kappa shape index (κ3) is 3.90. The summed E-state index contributed by atoms with van der Waals surface area (Å²) in [5, 5.41) is 0.724. The quantitative estimate of drug-likeness (QED) is 0.468. The Bertz CT molecular complexity index is 688. The molecule has 0 aliphatic heterocycles. The molecule has 1 heterocycles. The van der Waals surface area contributed by atoms with Crippen LogP contribution in [0.4, 0.5) is 0 Å². The standard InChI is InChI=1S/C18H19NO2S/c1-2-20-12-11-14-7-9-15(10-8-14)13-22-18-19-16-5-3-4-6-17(16)21-18/h3-10H,2,11-13H2,1H3. The summed E-state index contributed by atoms with van der Waals surface area (Å²) in [5.41, 5.74) is 4.34. The fourth-order valence-electron chi connectivity index (χ4n) is 2.19. The van der Waals surface area contributed by atoms with Gasteiger partial charge in [-0.2, -0.15) is 0 Å². The highest BCUT2D eigenvalue weighted by molar-refractivity contribution is 7.98. The van der Waals surface area contributed by atoms with Gasteiger partial charge in [0.2, 0.25) is 0 Å². The monoisotopic (exact) mass is 313 g/mol. The minimum absolute atomic E-state index is 0.724. The molecule has 22 heavy (non-hydrogen) atoms. The van der Waals surface area contributed by atoms with Crippen LogP contribution in [0.15, 0.2) is 58.2 Å². The summed E-state index contributed by atoms with van der Waals surface area (Å²) in [6.45, 7) is 3.58. The second-order valence-electron chi connectivity index (χ2n) is 5.00. The maximum absolute atomic E-state index is 5.71. The molecule has 0 atom stereocenters. The van der Waals surface area contributed by atoms with Gasteiger partial charge in [0.15, 0.2) is 5.58 Å². The molecular weight excluding hydrogens is 294 g/mol. The van der Waals surface area contributed by atoms with Crippen LogP contribution in [0.25, 0.3) is 11.1 Å². The number of benzene rings is 2. The Morgan fingerprint density at radius 3 is 2.59 bits per heavy atom. The van der Waals surface area contributed by atoms with E-state index in [4.69, 9.17) is 9.15 Å². The van der Waals surface area contributed by atoms with Crippen molar-refractivity contribution < 1.29 is 9.15 Å². The summed E-state index contributed by atoms with van der Waals surface area (Å²) in [6.07, 6.45) is 0.965. The van der Waals surface area contributed by atoms with Crippen LogP contribution in [0, 0.1) is 0 Å². The SMILES string of the molecule is CCOCCc1ccc(CSc2nc3ccccc3o2)cc1. The van der Waals surface area contributed by atoms with E-state index in [0.717, 1.165) is 41.7 Å². The van der Waals surface area contributed by atoms with Gasteiger partial charge in [0.25, 0.3) is 5.22 Å². The Kier molecular flexibility index (Phi) is 5.14. The molecule has 0 saturated carbocycles. The van der Waals surface area contributed by atoms with Crippen molar-refractivity contribution in [1.29, 1.82) is 0 Å². The number of aromatic nitrogens is 1. The van der Waals surface area contributed by atoms with Gasteiger partial charge in [-0.3, -0.25) is 0 Å². The van der Waals surface area contributed by atoms with Crippen LogP contribution in [0.3, 0.4) is 0 Å². The minimum atomic E-state index is 0.724. The number of nitrogens with zero attached hydrogens (tertiary/aromatic N) is 1. The first-order chi connectivity index (χ1) is 10.8. The van der Waals surface area contributed by atoms with E-state index >= 15 is 0 Å². The number of thioether (sulfide) groups is 1. The van der Waals surface area contributed by atoms with Crippen molar-refractivity contribution in [3.05, 3.63) is 59.7 Å². The van der Waals surface area contributed by atoms with Crippen LogP contribution in [0.2, 0.25) is 0 Å². The molecular formula is C18H19NO2S. The Morgan fingerprint density at radius 1 is 1.05 bits per heavy atom. The highest BCUT2D eigenvalue weighted by Crippen LogP contribution is 2.26. The number of hydrogen-bond donors (Lipinski definition) is 0. The number of hydrogen-bond acceptors (Lipinski definition) is 4. The van der Waals surface area contributed by atoms with Crippen LogP contribution in [-0.4, -0.2) is 18.2 Å². The van der Waals surface area contributed by atoms with Gasteiger partial charge >= 0.3 is 0 Å². The molecule has 3 nitrogen and oxygen atoms in total. The lowest BCUT2D eigenvalue weighted by molar-refractivity contribution is 0.151. The number of ether oxygens (including phenoxy) is 1. The Hall–Kier alpha value is -1.78. The summed E-state index contributed by atoms with van der Waals surface area (Å²) >= 11 is 1.62. The maximum atomic E-state index is 5.71. The zero-order valence-corrected chi connectivity index (χ0v) is 13.4. The fraction of sp³-hybridized carbons (Fsp3) is 0.278. The molecule has 3 rings (SSSR count). The molecule has 3 aromatic rings. The van der Waals surface area contributed by atoms with E-state index < -0.39 is 0 Å². The van der Waals surface area contributed by atoms with Gasteiger partial charge in [-0.05, 0) is 36.6 Å². The molecule has 0 saturated heterocycles. The maximum Gasteiger partial charge on any atom is 0.257 e. The first kappa shape index (κ1) is 15.1. The largest absolute Gasteiger partial charge is 0.431 e. The third-order valence-corrected chi connectivity index (χ3v) is 4.30. The summed E-state index contributed by atoms with van der Waals surface area (Å²) in [4.78, 5) is 4.48. The topological polar surface area (TPSA) is 35.3 Å². The molecule has 0 unspecified atom stereocenters. The Balaban J connectivity index is 1.56. The normalized spacial score (nSPS) is 11.1. The second kappa shape index (κ2) is 7.47. The zero-order chi connectivity index (χ0) is 15.2. The molecule has 0 radical (unpaired) electrons. The molecule has 0 bridgehead atoms. The van der Waals surface area contributed by atoms with Crippen LogP contribution in [0.5, 0.6) is 0 Å².